The van der Waals surface area contributed by atoms with Gasteiger partial charge in [0.2, 0.25) is 0 Å². The average molecular weight is 207 g/mol. The molecular weight excluding hydrogens is 190 g/mol. The van der Waals surface area contributed by atoms with Crippen LogP contribution in [0.25, 0.3) is 0 Å². The first-order valence-electron chi connectivity index (χ1n) is 5.60. The quantitative estimate of drug-likeness (QED) is 0.520. The summed E-state index contributed by atoms with van der Waals surface area (Å²) >= 11 is 0. The SMILES string of the molecule is CC1(C)C2C[C@@H]3[C@H](C2)C31/C=N/NC(N)=O. The zero-order valence-electron chi connectivity index (χ0n) is 9.16. The van der Waals surface area contributed by atoms with Crippen LogP contribution < -0.4 is 11.2 Å². The van der Waals surface area contributed by atoms with Crippen LogP contribution in [-0.2, 0) is 0 Å². The molecule has 0 radical (unpaired) electrons. The Kier molecular flexibility index (Phi) is 1.45. The molecule has 15 heavy (non-hydrogen) atoms. The fourth-order valence-electron chi connectivity index (χ4n) is 4.45. The summed E-state index contributed by atoms with van der Waals surface area (Å²) in [6.07, 6.45) is 4.65. The molecular formula is C11H17N3O. The fourth-order valence-corrected chi connectivity index (χ4v) is 4.45. The highest BCUT2D eigenvalue weighted by Crippen LogP contribution is 2.85. The van der Waals surface area contributed by atoms with Crippen LogP contribution in [0.4, 0.5) is 4.79 Å². The molecule has 3 N–H and O–H groups in total. The first-order chi connectivity index (χ1) is 7.00. The molecule has 4 nitrogen and oxygen atoms in total. The van der Waals surface area contributed by atoms with Gasteiger partial charge >= 0.3 is 6.03 Å². The summed E-state index contributed by atoms with van der Waals surface area (Å²) in [6, 6.07) is -0.581. The summed E-state index contributed by atoms with van der Waals surface area (Å²) < 4.78 is 0. The number of rotatable bonds is 2. The lowest BCUT2D eigenvalue weighted by Crippen LogP contribution is -2.29. The zero-order chi connectivity index (χ0) is 10.8. The van der Waals surface area contributed by atoms with Crippen LogP contribution in [0.1, 0.15) is 26.7 Å². The van der Waals surface area contributed by atoms with Crippen molar-refractivity contribution in [2.24, 2.45) is 39.4 Å². The molecule has 4 atom stereocenters. The normalized spacial score (nSPS) is 48.5. The van der Waals surface area contributed by atoms with Gasteiger partial charge < -0.3 is 5.73 Å². The Hall–Kier alpha value is -1.06. The van der Waals surface area contributed by atoms with E-state index in [1.807, 2.05) is 6.21 Å². The van der Waals surface area contributed by atoms with Gasteiger partial charge in [-0.1, -0.05) is 13.8 Å². The number of carbonyl (C=O) groups excluding carboxylic acids is 1. The number of amides is 2. The summed E-state index contributed by atoms with van der Waals surface area (Å²) in [7, 11) is 0. The van der Waals surface area contributed by atoms with Crippen molar-refractivity contribution in [1.82, 2.24) is 5.43 Å². The molecule has 2 amide bonds. The van der Waals surface area contributed by atoms with Gasteiger partial charge in [0.15, 0.2) is 0 Å². The van der Waals surface area contributed by atoms with Crippen LogP contribution in [0.5, 0.6) is 0 Å². The minimum absolute atomic E-state index is 0.264. The third-order valence-electron chi connectivity index (χ3n) is 5.27. The van der Waals surface area contributed by atoms with Crippen LogP contribution in [0.15, 0.2) is 5.10 Å². The van der Waals surface area contributed by atoms with E-state index in [1.54, 1.807) is 0 Å². The molecule has 4 saturated carbocycles. The van der Waals surface area contributed by atoms with E-state index in [1.165, 1.54) is 12.8 Å². The molecule has 0 aromatic carbocycles. The van der Waals surface area contributed by atoms with Gasteiger partial charge in [-0.15, -0.1) is 0 Å². The second-order valence-electron chi connectivity index (χ2n) is 5.77. The Morgan fingerprint density at radius 3 is 2.47 bits per heavy atom. The Morgan fingerprint density at radius 1 is 1.47 bits per heavy atom. The summed E-state index contributed by atoms with van der Waals surface area (Å²) in [5.74, 6) is 2.49. The molecule has 4 aliphatic carbocycles. The number of hydrogen-bond donors (Lipinski definition) is 2. The first kappa shape index (κ1) is 9.19. The topological polar surface area (TPSA) is 67.5 Å². The van der Waals surface area contributed by atoms with E-state index in [2.05, 4.69) is 24.4 Å². The van der Waals surface area contributed by atoms with Crippen LogP contribution in [0, 0.1) is 28.6 Å². The fraction of sp³-hybridized carbons (Fsp3) is 0.818. The van der Waals surface area contributed by atoms with Gasteiger partial charge in [0, 0.05) is 11.6 Å². The van der Waals surface area contributed by atoms with Gasteiger partial charge in [0.1, 0.15) is 0 Å². The van der Waals surface area contributed by atoms with Crippen LogP contribution in [0.2, 0.25) is 0 Å². The predicted molar refractivity (Wildman–Crippen MR) is 57.1 cm³/mol. The maximum atomic E-state index is 10.5. The molecule has 0 heterocycles. The number of nitrogens with one attached hydrogen (secondary N) is 1. The largest absolute Gasteiger partial charge is 0.350 e. The van der Waals surface area contributed by atoms with Crippen LogP contribution in [-0.4, -0.2) is 12.2 Å². The lowest BCUT2D eigenvalue weighted by Gasteiger charge is -2.28. The van der Waals surface area contributed by atoms with Crippen molar-refractivity contribution in [1.29, 1.82) is 0 Å². The maximum absolute atomic E-state index is 10.5. The molecule has 4 bridgehead atoms. The molecule has 4 aliphatic rings. The molecule has 4 rings (SSSR count). The molecule has 82 valence electrons. The molecule has 0 aromatic rings. The summed E-state index contributed by atoms with van der Waals surface area (Å²) in [5.41, 5.74) is 7.91. The molecule has 4 fully saturated rings. The van der Waals surface area contributed by atoms with E-state index < -0.39 is 6.03 Å². The third kappa shape index (κ3) is 0.840. The smallest absolute Gasteiger partial charge is 0.332 e. The van der Waals surface area contributed by atoms with E-state index in [0.29, 0.717) is 5.41 Å². The van der Waals surface area contributed by atoms with Gasteiger partial charge in [-0.25, -0.2) is 10.2 Å². The second-order valence-corrected chi connectivity index (χ2v) is 5.77. The molecule has 4 heteroatoms. The minimum atomic E-state index is -0.581. The van der Waals surface area contributed by atoms with Crippen molar-refractivity contribution in [3.8, 4) is 0 Å². The Labute approximate surface area is 89.3 Å². The Bertz CT molecular complexity index is 349. The number of hydrogen-bond acceptors (Lipinski definition) is 2. The molecule has 0 aromatic heterocycles. The highest BCUT2D eigenvalue weighted by molar-refractivity contribution is 5.78. The number of primary amides is 1. The Balaban J connectivity index is 1.83. The highest BCUT2D eigenvalue weighted by atomic mass is 16.2. The first-order valence-corrected chi connectivity index (χ1v) is 5.60. The van der Waals surface area contributed by atoms with Gasteiger partial charge in [-0.2, -0.15) is 5.10 Å². The summed E-state index contributed by atoms with van der Waals surface area (Å²) in [6.45, 7) is 4.67. The molecule has 0 saturated heterocycles. The summed E-state index contributed by atoms with van der Waals surface area (Å²) in [5, 5.41) is 3.99. The standard InChI is InChI=1S/C11H17N3O/c1-10(2)6-3-7-8(4-6)11(7,10)5-13-14-9(12)15/h5-8H,3-4H2,1-2H3,(H3,12,14,15)/b13-5+/t6?,7-,8+,11?. The zero-order valence-corrected chi connectivity index (χ0v) is 9.16. The average Bonchev–Trinajstić information content (AvgIpc) is 2.45. The lowest BCUT2D eigenvalue weighted by molar-refractivity contribution is 0.239. The van der Waals surface area contributed by atoms with Crippen molar-refractivity contribution in [3.63, 3.8) is 0 Å². The van der Waals surface area contributed by atoms with E-state index in [9.17, 15) is 4.79 Å². The Morgan fingerprint density at radius 2 is 2.07 bits per heavy atom. The van der Waals surface area contributed by atoms with E-state index in [0.717, 1.165) is 17.8 Å². The predicted octanol–water partition coefficient (Wildman–Crippen LogP) is 1.32. The van der Waals surface area contributed by atoms with Crippen molar-refractivity contribution in [3.05, 3.63) is 0 Å². The van der Waals surface area contributed by atoms with Crippen molar-refractivity contribution in [2.75, 3.05) is 0 Å². The highest BCUT2D eigenvalue weighted by Gasteiger charge is 2.81. The van der Waals surface area contributed by atoms with E-state index in [-0.39, 0.29) is 5.41 Å². The van der Waals surface area contributed by atoms with Crippen LogP contribution in [0.3, 0.4) is 0 Å². The molecule has 2 unspecified atom stereocenters. The van der Waals surface area contributed by atoms with Gasteiger partial charge in [0.25, 0.3) is 0 Å². The van der Waals surface area contributed by atoms with Crippen molar-refractivity contribution in [2.45, 2.75) is 26.7 Å². The molecule has 0 spiro atoms. The lowest BCUT2D eigenvalue weighted by atomic mass is 9.76. The van der Waals surface area contributed by atoms with Crippen molar-refractivity contribution < 1.29 is 4.79 Å². The van der Waals surface area contributed by atoms with E-state index in [4.69, 9.17) is 5.73 Å². The van der Waals surface area contributed by atoms with Crippen molar-refractivity contribution >= 4 is 12.2 Å². The number of nitrogens with zero attached hydrogens (tertiary/aromatic N) is 1. The monoisotopic (exact) mass is 207 g/mol. The third-order valence-corrected chi connectivity index (χ3v) is 5.27. The number of urea groups is 1. The second kappa shape index (κ2) is 2.36. The van der Waals surface area contributed by atoms with Gasteiger partial charge in [-0.3, -0.25) is 0 Å². The van der Waals surface area contributed by atoms with E-state index >= 15 is 0 Å². The number of hydrazone groups is 1. The maximum Gasteiger partial charge on any atom is 0.332 e. The molecule has 0 aliphatic heterocycles. The van der Waals surface area contributed by atoms with Gasteiger partial charge in [-0.05, 0) is 36.0 Å². The van der Waals surface area contributed by atoms with Gasteiger partial charge in [0.05, 0.1) is 0 Å². The number of nitrogens with two attached hydrogens (primary N) is 1. The number of carbonyl (C=O) groups is 1. The minimum Gasteiger partial charge on any atom is -0.350 e. The van der Waals surface area contributed by atoms with Crippen LogP contribution >= 0.6 is 0 Å². The summed E-state index contributed by atoms with van der Waals surface area (Å²) in [4.78, 5) is 10.5.